The lowest BCUT2D eigenvalue weighted by atomic mass is 10.0. The van der Waals surface area contributed by atoms with Crippen molar-refractivity contribution in [1.29, 1.82) is 0 Å². The van der Waals surface area contributed by atoms with Crippen LogP contribution in [0.15, 0.2) is 71.6 Å². The van der Waals surface area contributed by atoms with Gasteiger partial charge in [0, 0.05) is 48.4 Å². The van der Waals surface area contributed by atoms with Crippen LogP contribution < -0.4 is 10.2 Å². The Hall–Kier alpha value is -4.24. The maximum Gasteiger partial charge on any atom is 0.229 e. The Bertz CT molecular complexity index is 1310. The Morgan fingerprint density at radius 3 is 2.64 bits per heavy atom. The molecule has 9 heteroatoms. The van der Waals surface area contributed by atoms with Gasteiger partial charge >= 0.3 is 0 Å². The van der Waals surface area contributed by atoms with E-state index in [0.29, 0.717) is 50.0 Å². The van der Waals surface area contributed by atoms with Gasteiger partial charge in [0.05, 0.1) is 25.0 Å². The third-order valence-electron chi connectivity index (χ3n) is 6.20. The summed E-state index contributed by atoms with van der Waals surface area (Å²) in [6.07, 6.45) is 4.17. The fourth-order valence-corrected chi connectivity index (χ4v) is 4.38. The summed E-state index contributed by atoms with van der Waals surface area (Å²) < 4.78 is 5.37. The molecule has 4 aromatic rings. The first kappa shape index (κ1) is 23.5. The summed E-state index contributed by atoms with van der Waals surface area (Å²) >= 11 is 0. The second kappa shape index (κ2) is 10.6. The van der Waals surface area contributed by atoms with Gasteiger partial charge in [-0.3, -0.25) is 4.79 Å². The van der Waals surface area contributed by atoms with Crippen molar-refractivity contribution >= 4 is 29.0 Å². The van der Waals surface area contributed by atoms with Crippen molar-refractivity contribution in [3.8, 4) is 11.3 Å². The maximum absolute atomic E-state index is 12.5. The van der Waals surface area contributed by atoms with Crippen molar-refractivity contribution < 1.29 is 14.3 Å². The molecule has 9 nitrogen and oxygen atoms in total. The molecule has 0 radical (unpaired) electrons. The Morgan fingerprint density at radius 1 is 1.14 bits per heavy atom. The van der Waals surface area contributed by atoms with E-state index in [0.717, 1.165) is 28.2 Å². The van der Waals surface area contributed by atoms with Crippen molar-refractivity contribution in [2.24, 2.45) is 0 Å². The van der Waals surface area contributed by atoms with Crippen LogP contribution in [0.4, 0.5) is 23.1 Å². The average Bonchev–Trinajstić information content (AvgIpc) is 3.47. The van der Waals surface area contributed by atoms with Crippen molar-refractivity contribution in [1.82, 2.24) is 19.9 Å². The van der Waals surface area contributed by atoms with Crippen LogP contribution in [0.5, 0.6) is 0 Å². The SMILES string of the molecule is CCC(=O)N1CCc2nc(Nc3ccc(-c4cnco4)cc3)nc(N(CCO)c3ccccc3)c2C1. The normalized spacial score (nSPS) is 12.8. The van der Waals surface area contributed by atoms with Crippen molar-refractivity contribution in [2.45, 2.75) is 26.3 Å². The number of aliphatic hydroxyl groups is 1. The highest BCUT2D eigenvalue weighted by Crippen LogP contribution is 2.33. The number of fused-ring (bicyclic) bond motifs is 1. The Morgan fingerprint density at radius 2 is 1.94 bits per heavy atom. The van der Waals surface area contributed by atoms with Gasteiger partial charge in [0.2, 0.25) is 11.9 Å². The molecule has 0 spiro atoms. The summed E-state index contributed by atoms with van der Waals surface area (Å²) in [6, 6.07) is 17.6. The molecule has 184 valence electrons. The lowest BCUT2D eigenvalue weighted by molar-refractivity contribution is -0.131. The van der Waals surface area contributed by atoms with Gasteiger partial charge in [-0.25, -0.2) is 9.97 Å². The van der Waals surface area contributed by atoms with Gasteiger partial charge in [0.15, 0.2) is 12.2 Å². The number of anilines is 4. The van der Waals surface area contributed by atoms with Crippen LogP contribution in [0.1, 0.15) is 24.6 Å². The molecule has 0 bridgehead atoms. The van der Waals surface area contributed by atoms with E-state index in [1.54, 1.807) is 6.20 Å². The fourth-order valence-electron chi connectivity index (χ4n) is 4.38. The Kier molecular flexibility index (Phi) is 6.90. The van der Waals surface area contributed by atoms with E-state index in [1.807, 2.05) is 71.3 Å². The molecule has 0 saturated heterocycles. The van der Waals surface area contributed by atoms with Crippen LogP contribution in [0, 0.1) is 0 Å². The fraction of sp³-hybridized carbons (Fsp3) is 0.259. The van der Waals surface area contributed by atoms with Gasteiger partial charge in [-0.15, -0.1) is 0 Å². The van der Waals surface area contributed by atoms with Crippen LogP contribution in [0.25, 0.3) is 11.3 Å². The summed E-state index contributed by atoms with van der Waals surface area (Å²) in [4.78, 5) is 30.0. The van der Waals surface area contributed by atoms with E-state index in [1.165, 1.54) is 6.39 Å². The number of oxazole rings is 1. The molecule has 1 aliphatic rings. The predicted octanol–water partition coefficient (Wildman–Crippen LogP) is 4.30. The quantitative estimate of drug-likeness (QED) is 0.381. The number of para-hydroxylation sites is 1. The van der Waals surface area contributed by atoms with Crippen LogP contribution in [0.3, 0.4) is 0 Å². The monoisotopic (exact) mass is 484 g/mol. The van der Waals surface area contributed by atoms with Crippen LogP contribution in [0.2, 0.25) is 0 Å². The molecule has 2 aromatic heterocycles. The van der Waals surface area contributed by atoms with Gasteiger partial charge < -0.3 is 24.6 Å². The number of nitrogens with zero attached hydrogens (tertiary/aromatic N) is 5. The van der Waals surface area contributed by atoms with E-state index in [2.05, 4.69) is 10.3 Å². The number of carbonyl (C=O) groups is 1. The molecule has 2 aromatic carbocycles. The van der Waals surface area contributed by atoms with Gasteiger partial charge in [-0.1, -0.05) is 25.1 Å². The maximum atomic E-state index is 12.5. The van der Waals surface area contributed by atoms with Crippen LogP contribution in [-0.2, 0) is 17.8 Å². The molecule has 3 heterocycles. The van der Waals surface area contributed by atoms with Crippen molar-refractivity contribution in [2.75, 3.05) is 29.9 Å². The van der Waals surface area contributed by atoms with Gasteiger partial charge in [-0.05, 0) is 36.4 Å². The molecule has 0 atom stereocenters. The van der Waals surface area contributed by atoms with Crippen molar-refractivity contribution in [3.63, 3.8) is 0 Å². The minimum Gasteiger partial charge on any atom is -0.444 e. The van der Waals surface area contributed by atoms with Gasteiger partial charge in [0.25, 0.3) is 0 Å². The first-order chi connectivity index (χ1) is 17.7. The first-order valence-electron chi connectivity index (χ1n) is 12.0. The topological polar surface area (TPSA) is 108 Å². The number of rotatable bonds is 8. The minimum absolute atomic E-state index is 0.0445. The highest BCUT2D eigenvalue weighted by atomic mass is 16.3. The molecular formula is C27H28N6O3. The number of hydrogen-bond acceptors (Lipinski definition) is 8. The third-order valence-corrected chi connectivity index (χ3v) is 6.20. The highest BCUT2D eigenvalue weighted by molar-refractivity contribution is 5.77. The molecule has 1 aliphatic heterocycles. The second-order valence-corrected chi connectivity index (χ2v) is 8.49. The highest BCUT2D eigenvalue weighted by Gasteiger charge is 2.27. The molecular weight excluding hydrogens is 456 g/mol. The molecule has 5 rings (SSSR count). The van der Waals surface area contributed by atoms with Crippen LogP contribution in [-0.4, -0.2) is 50.6 Å². The lowest BCUT2D eigenvalue weighted by Crippen LogP contribution is -2.37. The van der Waals surface area contributed by atoms with Crippen molar-refractivity contribution in [3.05, 3.63) is 78.4 Å². The number of amides is 1. The third kappa shape index (κ3) is 4.92. The summed E-state index contributed by atoms with van der Waals surface area (Å²) in [5, 5.41) is 13.2. The first-order valence-corrected chi connectivity index (χ1v) is 12.0. The van der Waals surface area contributed by atoms with Gasteiger partial charge in [0.1, 0.15) is 5.82 Å². The second-order valence-electron chi connectivity index (χ2n) is 8.49. The molecule has 36 heavy (non-hydrogen) atoms. The molecule has 1 amide bonds. The standard InChI is InChI=1S/C27H28N6O3/c1-2-25(35)32-13-12-23-22(17-32)26(33(14-15-34)21-6-4-3-5-7-21)31-27(30-23)29-20-10-8-19(9-11-20)24-16-28-18-36-24/h3-11,16,18,34H,2,12-15,17H2,1H3,(H,29,30,31). The smallest absolute Gasteiger partial charge is 0.229 e. The number of nitrogens with one attached hydrogen (secondary N) is 1. The summed E-state index contributed by atoms with van der Waals surface area (Å²) in [5.41, 5.74) is 4.47. The van der Waals surface area contributed by atoms with Crippen LogP contribution >= 0.6 is 0 Å². The van der Waals surface area contributed by atoms with E-state index in [4.69, 9.17) is 14.4 Å². The van der Waals surface area contributed by atoms with E-state index in [-0.39, 0.29) is 12.5 Å². The number of hydrogen-bond donors (Lipinski definition) is 2. The zero-order valence-electron chi connectivity index (χ0n) is 20.1. The van der Waals surface area contributed by atoms with E-state index < -0.39 is 0 Å². The molecule has 0 unspecified atom stereocenters. The van der Waals surface area contributed by atoms with Gasteiger partial charge in [-0.2, -0.15) is 4.98 Å². The molecule has 2 N–H and O–H groups in total. The molecule has 0 fully saturated rings. The Balaban J connectivity index is 1.52. The van der Waals surface area contributed by atoms with E-state index >= 15 is 0 Å². The summed E-state index contributed by atoms with van der Waals surface area (Å²) in [7, 11) is 0. The lowest BCUT2D eigenvalue weighted by Gasteiger charge is -2.33. The largest absolute Gasteiger partial charge is 0.444 e. The zero-order chi connectivity index (χ0) is 24.9. The van der Waals surface area contributed by atoms with E-state index in [9.17, 15) is 9.90 Å². The zero-order valence-corrected chi connectivity index (χ0v) is 20.1. The summed E-state index contributed by atoms with van der Waals surface area (Å²) in [5.74, 6) is 1.96. The number of carbonyl (C=O) groups excluding carboxylic acids is 1. The molecule has 0 saturated carbocycles. The average molecular weight is 485 g/mol. The predicted molar refractivity (Wildman–Crippen MR) is 137 cm³/mol. The Labute approximate surface area is 209 Å². The number of aliphatic hydroxyl groups excluding tert-OH is 1. The minimum atomic E-state index is -0.0445. The molecule has 0 aliphatic carbocycles. The summed E-state index contributed by atoms with van der Waals surface area (Å²) in [6.45, 7) is 3.25. The number of benzene rings is 2. The number of aromatic nitrogens is 3.